The molecule has 4 aliphatic rings. The van der Waals surface area contributed by atoms with Crippen molar-refractivity contribution >= 4 is 23.7 Å². The Morgan fingerprint density at radius 1 is 1.19 bits per heavy atom. The van der Waals surface area contributed by atoms with E-state index in [1.165, 1.54) is 23.1 Å². The summed E-state index contributed by atoms with van der Waals surface area (Å²) < 4.78 is 12.1. The molecule has 3 aliphatic heterocycles. The highest BCUT2D eigenvalue weighted by Crippen LogP contribution is 2.47. The highest BCUT2D eigenvalue weighted by atomic mass is 32.2. The Morgan fingerprint density at radius 2 is 2.02 bits per heavy atom. The quantitative estimate of drug-likeness (QED) is 0.469. The number of hydrogen-bond acceptors (Lipinski definition) is 9. The number of nitrogens with zero attached hydrogens (tertiary/aromatic N) is 6. The van der Waals surface area contributed by atoms with Gasteiger partial charge in [-0.1, -0.05) is 24.3 Å². The van der Waals surface area contributed by atoms with Gasteiger partial charge in [0.15, 0.2) is 0 Å². The lowest BCUT2D eigenvalue weighted by Crippen LogP contribution is -2.56. The number of piperazine rings is 1. The summed E-state index contributed by atoms with van der Waals surface area (Å²) in [6, 6.07) is 11.7. The number of hydrogen-bond donors (Lipinski definition) is 0. The maximum Gasteiger partial charge on any atom is 0.410 e. The summed E-state index contributed by atoms with van der Waals surface area (Å²) in [5.41, 5.74) is 4.63. The van der Waals surface area contributed by atoms with Crippen LogP contribution in [0.4, 0.5) is 10.6 Å². The molecule has 1 unspecified atom stereocenters. The van der Waals surface area contributed by atoms with Crippen molar-refractivity contribution in [3.8, 4) is 12.1 Å². The number of aromatic nitrogens is 2. The number of fused-ring (bicyclic) bond motifs is 3. The van der Waals surface area contributed by atoms with Crippen molar-refractivity contribution in [3.05, 3.63) is 46.6 Å². The molecule has 3 atom stereocenters. The number of rotatable bonds is 5. The fraction of sp³-hybridized carbons (Fsp3) is 0.636. The van der Waals surface area contributed by atoms with Crippen molar-refractivity contribution in [1.29, 1.82) is 5.26 Å². The molecule has 2 fully saturated rings. The summed E-state index contributed by atoms with van der Waals surface area (Å²) >= 11 is 2.02. The van der Waals surface area contributed by atoms with Crippen LogP contribution in [0.5, 0.6) is 6.01 Å². The molecule has 10 heteroatoms. The van der Waals surface area contributed by atoms with E-state index in [1.807, 2.05) is 32.5 Å². The fourth-order valence-electron chi connectivity index (χ4n) is 7.20. The third-order valence-electron chi connectivity index (χ3n) is 9.45. The van der Waals surface area contributed by atoms with Crippen LogP contribution in [-0.4, -0.2) is 89.1 Å². The summed E-state index contributed by atoms with van der Waals surface area (Å²) in [7, 11) is 2.15. The topological polar surface area (TPSA) is 94.8 Å². The van der Waals surface area contributed by atoms with Gasteiger partial charge in [0.2, 0.25) is 0 Å². The molecule has 6 rings (SSSR count). The Labute approximate surface area is 259 Å². The first kappa shape index (κ1) is 30.0. The lowest BCUT2D eigenvalue weighted by molar-refractivity contribution is 0.0144. The normalized spacial score (nSPS) is 25.7. The van der Waals surface area contributed by atoms with Crippen molar-refractivity contribution in [3.63, 3.8) is 0 Å². The minimum Gasteiger partial charge on any atom is -0.462 e. The van der Waals surface area contributed by atoms with Crippen LogP contribution in [0.25, 0.3) is 0 Å². The summed E-state index contributed by atoms with van der Waals surface area (Å²) in [6.45, 7) is 8.87. The lowest BCUT2D eigenvalue weighted by Gasteiger charge is -2.44. The van der Waals surface area contributed by atoms with Gasteiger partial charge in [-0.25, -0.2) is 4.79 Å². The predicted octanol–water partition coefficient (Wildman–Crippen LogP) is 4.96. The Kier molecular flexibility index (Phi) is 8.49. The summed E-state index contributed by atoms with van der Waals surface area (Å²) in [5, 5.41) is 9.66. The standard InChI is InChI=1S/C33H44N6O3S/c1-32(2,3)42-31(40)39-17-16-38(19-24(39)12-14-34)29-26-11-13-33(22-43-21-23-8-5-6-10-27(23)33)18-28(26)35-30(36-29)41-20-25-9-7-15-37(25)4/h5-6,8,10,24-25H,7,9,11-13,15-22H2,1-4H3/t24-,25-,33?/m0/s1. The van der Waals surface area contributed by atoms with E-state index in [0.29, 0.717) is 38.3 Å². The first-order chi connectivity index (χ1) is 20.7. The van der Waals surface area contributed by atoms with Crippen LogP contribution in [0.2, 0.25) is 0 Å². The van der Waals surface area contributed by atoms with Gasteiger partial charge in [0.05, 0.1) is 24.2 Å². The minimum atomic E-state index is -0.594. The summed E-state index contributed by atoms with van der Waals surface area (Å²) in [4.78, 5) is 29.5. The smallest absolute Gasteiger partial charge is 0.410 e. The first-order valence-corrected chi connectivity index (χ1v) is 16.8. The van der Waals surface area contributed by atoms with Crippen molar-refractivity contribution in [2.24, 2.45) is 0 Å². The Bertz CT molecular complexity index is 1390. The van der Waals surface area contributed by atoms with Crippen LogP contribution in [-0.2, 0) is 28.7 Å². The molecule has 0 bridgehead atoms. The van der Waals surface area contributed by atoms with E-state index in [4.69, 9.17) is 19.4 Å². The lowest BCUT2D eigenvalue weighted by atomic mass is 9.68. The zero-order chi connectivity index (χ0) is 30.2. The molecule has 0 saturated carbocycles. The van der Waals surface area contributed by atoms with Crippen LogP contribution in [0, 0.1) is 11.3 Å². The van der Waals surface area contributed by atoms with Gasteiger partial charge in [-0.3, -0.25) is 0 Å². The summed E-state index contributed by atoms with van der Waals surface area (Å²) in [5.74, 6) is 3.05. The van der Waals surface area contributed by atoms with Gasteiger partial charge in [-0.2, -0.15) is 27.0 Å². The van der Waals surface area contributed by atoms with E-state index < -0.39 is 5.60 Å². The maximum atomic E-state index is 13.1. The number of benzene rings is 1. The van der Waals surface area contributed by atoms with Gasteiger partial charge in [0.1, 0.15) is 18.0 Å². The van der Waals surface area contributed by atoms with Gasteiger partial charge in [0, 0.05) is 54.6 Å². The van der Waals surface area contributed by atoms with Crippen LogP contribution < -0.4 is 9.64 Å². The molecule has 4 heterocycles. The number of nitriles is 1. The van der Waals surface area contributed by atoms with Crippen LogP contribution in [0.1, 0.15) is 68.8 Å². The second-order valence-electron chi connectivity index (χ2n) is 13.6. The zero-order valence-electron chi connectivity index (χ0n) is 26.0. The molecular weight excluding hydrogens is 560 g/mol. The molecule has 0 N–H and O–H groups in total. The molecule has 1 aliphatic carbocycles. The predicted molar refractivity (Wildman–Crippen MR) is 169 cm³/mol. The molecule has 1 amide bonds. The molecule has 9 nitrogen and oxygen atoms in total. The van der Waals surface area contributed by atoms with Gasteiger partial charge in [-0.15, -0.1) is 0 Å². The van der Waals surface area contributed by atoms with Crippen molar-refractivity contribution < 1.29 is 14.3 Å². The molecule has 1 aromatic carbocycles. The molecule has 2 aromatic rings. The van der Waals surface area contributed by atoms with Gasteiger partial charge in [-0.05, 0) is 71.2 Å². The highest BCUT2D eigenvalue weighted by molar-refractivity contribution is 7.98. The van der Waals surface area contributed by atoms with Crippen molar-refractivity contribution in [2.45, 2.75) is 88.1 Å². The minimum absolute atomic E-state index is 0.0554. The van der Waals surface area contributed by atoms with Gasteiger partial charge < -0.3 is 24.2 Å². The third kappa shape index (κ3) is 6.30. The average molecular weight is 605 g/mol. The zero-order valence-corrected chi connectivity index (χ0v) is 26.8. The van der Waals surface area contributed by atoms with Gasteiger partial charge in [0.25, 0.3) is 0 Å². The molecule has 1 spiro atoms. The molecule has 0 radical (unpaired) electrons. The molecular formula is C33H44N6O3S. The van der Waals surface area contributed by atoms with E-state index in [-0.39, 0.29) is 24.0 Å². The van der Waals surface area contributed by atoms with Crippen LogP contribution in [0.3, 0.4) is 0 Å². The number of carbonyl (C=O) groups is 1. The number of anilines is 1. The third-order valence-corrected chi connectivity index (χ3v) is 10.7. The molecule has 230 valence electrons. The molecule has 1 aromatic heterocycles. The van der Waals surface area contributed by atoms with E-state index >= 15 is 0 Å². The second kappa shape index (κ2) is 12.2. The largest absolute Gasteiger partial charge is 0.462 e. The van der Waals surface area contributed by atoms with E-state index in [9.17, 15) is 10.1 Å². The van der Waals surface area contributed by atoms with Crippen molar-refractivity contribution in [2.75, 3.05) is 50.5 Å². The van der Waals surface area contributed by atoms with Crippen LogP contribution in [0.15, 0.2) is 24.3 Å². The Morgan fingerprint density at radius 3 is 2.79 bits per heavy atom. The van der Waals surface area contributed by atoms with Crippen LogP contribution >= 0.6 is 11.8 Å². The number of thioether (sulfide) groups is 1. The fourth-order valence-corrected chi connectivity index (χ4v) is 8.56. The number of ether oxygens (including phenoxy) is 2. The van der Waals surface area contributed by atoms with E-state index in [0.717, 1.165) is 55.2 Å². The Balaban J connectivity index is 1.31. The highest BCUT2D eigenvalue weighted by Gasteiger charge is 2.43. The maximum absolute atomic E-state index is 13.1. The first-order valence-electron chi connectivity index (χ1n) is 15.7. The number of likely N-dealkylation sites (tertiary alicyclic amines) is 1. The molecule has 2 saturated heterocycles. The van der Waals surface area contributed by atoms with Crippen molar-refractivity contribution in [1.82, 2.24) is 19.8 Å². The number of amides is 1. The second-order valence-corrected chi connectivity index (χ2v) is 14.6. The monoisotopic (exact) mass is 604 g/mol. The Hall–Kier alpha value is -3.03. The molecule has 43 heavy (non-hydrogen) atoms. The number of carbonyl (C=O) groups excluding carboxylic acids is 1. The van der Waals surface area contributed by atoms with Gasteiger partial charge >= 0.3 is 12.1 Å². The van der Waals surface area contributed by atoms with E-state index in [2.05, 4.69) is 47.2 Å². The van der Waals surface area contributed by atoms with E-state index in [1.54, 1.807) is 4.90 Å². The summed E-state index contributed by atoms with van der Waals surface area (Å²) in [6.07, 6.45) is 4.97. The SMILES string of the molecule is CN1CCC[C@H]1COc1nc2c(c(N3CCN(C(=O)OC(C)(C)C)[C@@H](CC#N)C3)n1)CCC1(CSCc3ccccc31)C2. The number of likely N-dealkylation sites (N-methyl/N-ethyl adjacent to an activating group) is 1. The average Bonchev–Trinajstić information content (AvgIpc) is 3.39.